The summed E-state index contributed by atoms with van der Waals surface area (Å²) in [7, 11) is 1.21. The second kappa shape index (κ2) is 7.15. The first-order valence-electron chi connectivity index (χ1n) is 5.75. The Balaban J connectivity index is 2.42. The minimum absolute atomic E-state index is 0.115. The van der Waals surface area contributed by atoms with Crippen molar-refractivity contribution in [3.05, 3.63) is 35.9 Å². The Bertz CT molecular complexity index is 459. The highest BCUT2D eigenvalue weighted by atomic mass is 16.5. The van der Waals surface area contributed by atoms with Crippen LogP contribution in [0.4, 0.5) is 4.79 Å². The van der Waals surface area contributed by atoms with Gasteiger partial charge >= 0.3 is 6.09 Å². The number of ketones is 1. The maximum absolute atomic E-state index is 11.7. The van der Waals surface area contributed by atoms with E-state index < -0.39 is 18.0 Å². The van der Waals surface area contributed by atoms with Crippen LogP contribution < -0.4 is 10.6 Å². The first kappa shape index (κ1) is 14.7. The summed E-state index contributed by atoms with van der Waals surface area (Å²) in [6, 6.07) is 7.87. The van der Waals surface area contributed by atoms with Gasteiger partial charge in [-0.2, -0.15) is 0 Å². The van der Waals surface area contributed by atoms with E-state index in [-0.39, 0.29) is 12.3 Å². The molecule has 6 nitrogen and oxygen atoms in total. The molecule has 19 heavy (non-hydrogen) atoms. The average Bonchev–Trinajstić information content (AvgIpc) is 2.44. The largest absolute Gasteiger partial charge is 0.453 e. The van der Waals surface area contributed by atoms with Crippen LogP contribution in [-0.2, 0) is 9.53 Å². The Morgan fingerprint density at radius 1 is 1.21 bits per heavy atom. The summed E-state index contributed by atoms with van der Waals surface area (Å²) in [5, 5.41) is 4.76. The molecule has 1 aromatic carbocycles. The highest BCUT2D eigenvalue weighted by Crippen LogP contribution is 1.98. The first-order valence-corrected chi connectivity index (χ1v) is 5.75. The van der Waals surface area contributed by atoms with E-state index in [0.717, 1.165) is 0 Å². The molecule has 0 radical (unpaired) electrons. The number of carbonyl (C=O) groups excluding carboxylic acids is 3. The lowest BCUT2D eigenvalue weighted by Gasteiger charge is -2.12. The number of nitrogens with one attached hydrogen (secondary N) is 2. The van der Waals surface area contributed by atoms with E-state index in [4.69, 9.17) is 0 Å². The lowest BCUT2D eigenvalue weighted by atomic mass is 10.1. The number of rotatable bonds is 5. The molecular formula is C13H16N2O4. The summed E-state index contributed by atoms with van der Waals surface area (Å²) >= 11 is 0. The lowest BCUT2D eigenvalue weighted by molar-refractivity contribution is -0.122. The van der Waals surface area contributed by atoms with Crippen LogP contribution in [0.1, 0.15) is 17.3 Å². The number of benzene rings is 1. The van der Waals surface area contributed by atoms with Crippen molar-refractivity contribution in [2.75, 3.05) is 13.7 Å². The highest BCUT2D eigenvalue weighted by Gasteiger charge is 2.16. The van der Waals surface area contributed by atoms with Crippen LogP contribution in [0.15, 0.2) is 30.3 Å². The van der Waals surface area contributed by atoms with Crippen LogP contribution in [0, 0.1) is 0 Å². The van der Waals surface area contributed by atoms with E-state index in [1.165, 1.54) is 14.0 Å². The summed E-state index contributed by atoms with van der Waals surface area (Å²) in [6.07, 6.45) is -0.697. The molecule has 0 unspecified atom stereocenters. The fourth-order valence-corrected chi connectivity index (χ4v) is 1.35. The smallest absolute Gasteiger partial charge is 0.407 e. The molecule has 0 aliphatic carbocycles. The van der Waals surface area contributed by atoms with Crippen LogP contribution in [0.2, 0.25) is 0 Å². The molecule has 0 bridgehead atoms. The van der Waals surface area contributed by atoms with Crippen molar-refractivity contribution < 1.29 is 19.1 Å². The third-order valence-corrected chi connectivity index (χ3v) is 2.43. The standard InChI is InChI=1S/C13H16N2O4/c1-9(15-13(18)19-2)12(17)14-8-11(16)10-6-4-3-5-7-10/h3-7,9H,8H2,1-2H3,(H,14,17)(H,15,18)/t9-/m0/s1. The molecule has 0 spiro atoms. The van der Waals surface area contributed by atoms with Crippen LogP contribution >= 0.6 is 0 Å². The van der Waals surface area contributed by atoms with Gasteiger partial charge in [-0.05, 0) is 6.92 Å². The zero-order valence-corrected chi connectivity index (χ0v) is 10.8. The molecule has 0 aliphatic heterocycles. The van der Waals surface area contributed by atoms with Gasteiger partial charge in [0.2, 0.25) is 5.91 Å². The van der Waals surface area contributed by atoms with E-state index in [9.17, 15) is 14.4 Å². The molecule has 2 N–H and O–H groups in total. The molecular weight excluding hydrogens is 248 g/mol. The van der Waals surface area contributed by atoms with Crippen LogP contribution in [0.25, 0.3) is 0 Å². The fraction of sp³-hybridized carbons (Fsp3) is 0.308. The van der Waals surface area contributed by atoms with Gasteiger partial charge in [0.25, 0.3) is 0 Å². The summed E-state index contributed by atoms with van der Waals surface area (Å²) in [4.78, 5) is 34.2. The predicted molar refractivity (Wildman–Crippen MR) is 68.8 cm³/mol. The summed E-state index contributed by atoms with van der Waals surface area (Å²) < 4.78 is 4.37. The normalized spacial score (nSPS) is 11.3. The quantitative estimate of drug-likeness (QED) is 0.768. The Labute approximate surface area is 111 Å². The lowest BCUT2D eigenvalue weighted by Crippen LogP contribution is -2.46. The molecule has 0 aromatic heterocycles. The number of hydrogen-bond acceptors (Lipinski definition) is 4. The molecule has 2 amide bonds. The number of ether oxygens (including phenoxy) is 1. The molecule has 1 aromatic rings. The molecule has 0 heterocycles. The van der Waals surface area contributed by atoms with Crippen molar-refractivity contribution >= 4 is 17.8 Å². The molecule has 0 aliphatic rings. The minimum Gasteiger partial charge on any atom is -0.453 e. The number of alkyl carbamates (subject to hydrolysis) is 1. The van der Waals surface area contributed by atoms with Crippen molar-refractivity contribution in [2.45, 2.75) is 13.0 Å². The molecule has 0 saturated carbocycles. The molecule has 0 fully saturated rings. The van der Waals surface area contributed by atoms with Crippen LogP contribution in [0.3, 0.4) is 0 Å². The van der Waals surface area contributed by atoms with Crippen molar-refractivity contribution in [1.29, 1.82) is 0 Å². The van der Waals surface area contributed by atoms with Gasteiger partial charge in [-0.1, -0.05) is 30.3 Å². The van der Waals surface area contributed by atoms with E-state index in [0.29, 0.717) is 5.56 Å². The summed E-state index contributed by atoms with van der Waals surface area (Å²) in [6.45, 7) is 1.38. The topological polar surface area (TPSA) is 84.5 Å². The predicted octanol–water partition coefficient (Wildman–Crippen LogP) is 0.730. The molecule has 102 valence electrons. The van der Waals surface area contributed by atoms with E-state index in [2.05, 4.69) is 15.4 Å². The van der Waals surface area contributed by atoms with Crippen molar-refractivity contribution in [1.82, 2.24) is 10.6 Å². The van der Waals surface area contributed by atoms with Gasteiger partial charge in [0, 0.05) is 5.56 Å². The van der Waals surface area contributed by atoms with Gasteiger partial charge in [0.1, 0.15) is 6.04 Å². The maximum Gasteiger partial charge on any atom is 0.407 e. The van der Waals surface area contributed by atoms with Crippen molar-refractivity contribution in [2.24, 2.45) is 0 Å². The van der Waals surface area contributed by atoms with Crippen LogP contribution in [-0.4, -0.2) is 37.5 Å². The maximum atomic E-state index is 11.7. The average molecular weight is 264 g/mol. The van der Waals surface area contributed by atoms with Gasteiger partial charge in [-0.15, -0.1) is 0 Å². The number of methoxy groups -OCH3 is 1. The Morgan fingerprint density at radius 3 is 2.42 bits per heavy atom. The minimum atomic E-state index is -0.768. The zero-order valence-electron chi connectivity index (χ0n) is 10.8. The SMILES string of the molecule is COC(=O)N[C@@H](C)C(=O)NCC(=O)c1ccccc1. The summed E-state index contributed by atoms with van der Waals surface area (Å²) in [5.41, 5.74) is 0.524. The van der Waals surface area contributed by atoms with Gasteiger partial charge in [0.05, 0.1) is 13.7 Å². The molecule has 1 atom stereocenters. The first-order chi connectivity index (χ1) is 9.04. The Hall–Kier alpha value is -2.37. The summed E-state index contributed by atoms with van der Waals surface area (Å²) in [5.74, 6) is -0.645. The second-order valence-corrected chi connectivity index (χ2v) is 3.86. The third-order valence-electron chi connectivity index (χ3n) is 2.43. The zero-order chi connectivity index (χ0) is 14.3. The third kappa shape index (κ3) is 4.79. The van der Waals surface area contributed by atoms with Gasteiger partial charge in [-0.25, -0.2) is 4.79 Å². The van der Waals surface area contributed by atoms with Crippen molar-refractivity contribution in [3.63, 3.8) is 0 Å². The number of Topliss-reactive ketones (excluding diaryl/α,β-unsaturated/α-hetero) is 1. The van der Waals surface area contributed by atoms with E-state index in [1.807, 2.05) is 0 Å². The number of carbonyl (C=O) groups is 3. The highest BCUT2D eigenvalue weighted by molar-refractivity contribution is 5.99. The molecule has 1 rings (SSSR count). The van der Waals surface area contributed by atoms with E-state index >= 15 is 0 Å². The van der Waals surface area contributed by atoms with Crippen molar-refractivity contribution in [3.8, 4) is 0 Å². The van der Waals surface area contributed by atoms with Gasteiger partial charge in [-0.3, -0.25) is 9.59 Å². The number of amides is 2. The van der Waals surface area contributed by atoms with Gasteiger partial charge < -0.3 is 15.4 Å². The molecule has 0 saturated heterocycles. The Kier molecular flexibility index (Phi) is 5.53. The monoisotopic (exact) mass is 264 g/mol. The Morgan fingerprint density at radius 2 is 1.84 bits per heavy atom. The van der Waals surface area contributed by atoms with Crippen LogP contribution in [0.5, 0.6) is 0 Å². The van der Waals surface area contributed by atoms with E-state index in [1.54, 1.807) is 30.3 Å². The second-order valence-electron chi connectivity index (χ2n) is 3.86. The fourth-order valence-electron chi connectivity index (χ4n) is 1.35. The van der Waals surface area contributed by atoms with Gasteiger partial charge in [0.15, 0.2) is 5.78 Å². The molecule has 6 heteroatoms. The number of hydrogen-bond donors (Lipinski definition) is 2.